The highest BCUT2D eigenvalue weighted by Crippen LogP contribution is 2.11. The van der Waals surface area contributed by atoms with E-state index in [1.54, 1.807) is 6.07 Å². The maximum atomic E-state index is 11.9. The highest BCUT2D eigenvalue weighted by molar-refractivity contribution is 6.29. The third-order valence-electron chi connectivity index (χ3n) is 2.52. The predicted molar refractivity (Wildman–Crippen MR) is 67.3 cm³/mol. The number of aliphatic hydroxyl groups excluding tert-OH is 1. The highest BCUT2D eigenvalue weighted by Gasteiger charge is 2.12. The Hall–Kier alpha value is -1.13. The first-order chi connectivity index (χ1) is 8.10. The number of carbonyl (C=O) groups is 1. The third-order valence-corrected chi connectivity index (χ3v) is 2.71. The molecule has 17 heavy (non-hydrogen) atoms. The van der Waals surface area contributed by atoms with Gasteiger partial charge in [0.1, 0.15) is 5.15 Å². The number of pyridine rings is 1. The van der Waals surface area contributed by atoms with Crippen molar-refractivity contribution in [2.75, 3.05) is 6.61 Å². The number of aliphatic hydroxyl groups is 1. The van der Waals surface area contributed by atoms with Gasteiger partial charge in [-0.05, 0) is 25.0 Å². The van der Waals surface area contributed by atoms with Gasteiger partial charge in [0.25, 0.3) is 5.91 Å². The fourth-order valence-corrected chi connectivity index (χ4v) is 1.64. The Morgan fingerprint density at radius 3 is 2.76 bits per heavy atom. The topological polar surface area (TPSA) is 62.2 Å². The van der Waals surface area contributed by atoms with Gasteiger partial charge in [0.2, 0.25) is 0 Å². The highest BCUT2D eigenvalue weighted by atomic mass is 35.5. The molecule has 1 unspecified atom stereocenters. The van der Waals surface area contributed by atoms with Gasteiger partial charge in [-0.1, -0.05) is 25.4 Å². The largest absolute Gasteiger partial charge is 0.394 e. The van der Waals surface area contributed by atoms with E-state index in [4.69, 9.17) is 16.7 Å². The summed E-state index contributed by atoms with van der Waals surface area (Å²) in [5.41, 5.74) is 1.26. The maximum Gasteiger partial charge on any atom is 0.251 e. The number of nitrogens with zero attached hydrogens (tertiary/aromatic N) is 1. The summed E-state index contributed by atoms with van der Waals surface area (Å²) in [7, 11) is 0. The van der Waals surface area contributed by atoms with Gasteiger partial charge in [0.05, 0.1) is 12.6 Å². The van der Waals surface area contributed by atoms with Crippen molar-refractivity contribution in [3.05, 3.63) is 28.5 Å². The monoisotopic (exact) mass is 256 g/mol. The molecule has 1 amide bonds. The normalized spacial score (nSPS) is 12.2. The molecule has 0 aromatic carbocycles. The van der Waals surface area contributed by atoms with Gasteiger partial charge in [-0.25, -0.2) is 4.98 Å². The van der Waals surface area contributed by atoms with Crippen LogP contribution in [0.5, 0.6) is 0 Å². The molecular weight excluding hydrogens is 240 g/mol. The number of hydrogen-bond acceptors (Lipinski definition) is 3. The van der Waals surface area contributed by atoms with E-state index < -0.39 is 0 Å². The molecule has 0 radical (unpaired) electrons. The van der Waals surface area contributed by atoms with Crippen molar-refractivity contribution in [2.24, 2.45) is 0 Å². The van der Waals surface area contributed by atoms with Crippen molar-refractivity contribution in [2.45, 2.75) is 32.7 Å². The van der Waals surface area contributed by atoms with Crippen molar-refractivity contribution >= 4 is 17.5 Å². The molecule has 1 aromatic heterocycles. The van der Waals surface area contributed by atoms with Crippen LogP contribution in [-0.2, 0) is 6.42 Å². The van der Waals surface area contributed by atoms with E-state index in [-0.39, 0.29) is 18.6 Å². The summed E-state index contributed by atoms with van der Waals surface area (Å²) in [6.07, 6.45) is 1.40. The molecule has 0 aliphatic rings. The van der Waals surface area contributed by atoms with Crippen molar-refractivity contribution in [1.29, 1.82) is 0 Å². The minimum Gasteiger partial charge on any atom is -0.394 e. The summed E-state index contributed by atoms with van der Waals surface area (Å²) in [6, 6.07) is 3.02. The van der Waals surface area contributed by atoms with Gasteiger partial charge in [-0.15, -0.1) is 0 Å². The van der Waals surface area contributed by atoms with E-state index >= 15 is 0 Å². The number of aromatic nitrogens is 1. The maximum absolute atomic E-state index is 11.9. The zero-order valence-electron chi connectivity index (χ0n) is 10.0. The lowest BCUT2D eigenvalue weighted by Crippen LogP contribution is -2.37. The van der Waals surface area contributed by atoms with Gasteiger partial charge >= 0.3 is 0 Å². The number of amides is 1. The number of rotatable bonds is 5. The molecule has 0 bridgehead atoms. The fourth-order valence-electron chi connectivity index (χ4n) is 1.41. The Balaban J connectivity index is 2.84. The zero-order valence-corrected chi connectivity index (χ0v) is 10.8. The summed E-state index contributed by atoms with van der Waals surface area (Å²) in [5, 5.41) is 12.1. The van der Waals surface area contributed by atoms with Gasteiger partial charge < -0.3 is 10.4 Å². The zero-order chi connectivity index (χ0) is 12.8. The Morgan fingerprint density at radius 2 is 2.24 bits per heavy atom. The molecule has 4 nitrogen and oxygen atoms in total. The van der Waals surface area contributed by atoms with Crippen LogP contribution in [0.2, 0.25) is 5.15 Å². The molecule has 2 N–H and O–H groups in total. The molecule has 0 aliphatic heterocycles. The molecule has 0 saturated carbocycles. The molecule has 0 aliphatic carbocycles. The molecule has 5 heteroatoms. The summed E-state index contributed by atoms with van der Waals surface area (Å²) >= 11 is 5.84. The summed E-state index contributed by atoms with van der Waals surface area (Å²) in [5.74, 6) is -0.232. The van der Waals surface area contributed by atoms with Gasteiger partial charge in [0, 0.05) is 11.3 Å². The summed E-state index contributed by atoms with van der Waals surface area (Å²) in [4.78, 5) is 16.0. The molecule has 0 spiro atoms. The van der Waals surface area contributed by atoms with Gasteiger partial charge in [-0.2, -0.15) is 0 Å². The van der Waals surface area contributed by atoms with Crippen molar-refractivity contribution in [1.82, 2.24) is 10.3 Å². The van der Waals surface area contributed by atoms with Crippen LogP contribution in [0.4, 0.5) is 0 Å². The first-order valence-corrected chi connectivity index (χ1v) is 6.06. The average Bonchev–Trinajstić information content (AvgIpc) is 2.34. The van der Waals surface area contributed by atoms with Crippen LogP contribution in [0.15, 0.2) is 12.1 Å². The third kappa shape index (κ3) is 3.98. The quantitative estimate of drug-likeness (QED) is 0.790. The second-order valence-corrected chi connectivity index (χ2v) is 4.17. The van der Waals surface area contributed by atoms with Crippen LogP contribution >= 0.6 is 11.6 Å². The molecule has 0 saturated heterocycles. The van der Waals surface area contributed by atoms with Crippen LogP contribution in [0.25, 0.3) is 0 Å². The Labute approximate surface area is 106 Å². The average molecular weight is 257 g/mol. The smallest absolute Gasteiger partial charge is 0.251 e. The van der Waals surface area contributed by atoms with E-state index in [2.05, 4.69) is 10.3 Å². The van der Waals surface area contributed by atoms with Gasteiger partial charge in [-0.3, -0.25) is 4.79 Å². The van der Waals surface area contributed by atoms with Gasteiger partial charge in [0.15, 0.2) is 0 Å². The molecule has 94 valence electrons. The number of carbonyl (C=O) groups excluding carboxylic acids is 1. The Kier molecular flexibility index (Phi) is 5.38. The number of hydrogen-bond donors (Lipinski definition) is 2. The van der Waals surface area contributed by atoms with E-state index in [0.29, 0.717) is 17.1 Å². The molecule has 1 aromatic rings. The lowest BCUT2D eigenvalue weighted by Gasteiger charge is -2.14. The predicted octanol–water partition coefficient (Wildman–Crippen LogP) is 1.80. The van der Waals surface area contributed by atoms with Crippen LogP contribution in [-0.4, -0.2) is 28.6 Å². The second kappa shape index (κ2) is 6.57. The molecule has 0 fully saturated rings. The molecule has 1 heterocycles. The minimum absolute atomic E-state index is 0.0678. The molecule has 1 atom stereocenters. The van der Waals surface area contributed by atoms with Crippen LogP contribution < -0.4 is 5.32 Å². The standard InChI is InChI=1S/C12H17ClN2O2/c1-3-9-5-8(6-11(13)14-9)12(17)15-10(4-2)7-16/h5-6,10,16H,3-4,7H2,1-2H3,(H,15,17). The number of aryl methyl sites for hydroxylation is 1. The molecule has 1 rings (SSSR count). The first kappa shape index (κ1) is 13.9. The van der Waals surface area contributed by atoms with E-state index in [1.807, 2.05) is 13.8 Å². The van der Waals surface area contributed by atoms with E-state index in [9.17, 15) is 4.79 Å². The van der Waals surface area contributed by atoms with Crippen LogP contribution in [0.3, 0.4) is 0 Å². The van der Waals surface area contributed by atoms with E-state index in [0.717, 1.165) is 12.1 Å². The van der Waals surface area contributed by atoms with Crippen LogP contribution in [0, 0.1) is 0 Å². The molecular formula is C12H17ClN2O2. The first-order valence-electron chi connectivity index (χ1n) is 5.68. The van der Waals surface area contributed by atoms with Crippen molar-refractivity contribution < 1.29 is 9.90 Å². The van der Waals surface area contributed by atoms with Crippen LogP contribution in [0.1, 0.15) is 36.3 Å². The van der Waals surface area contributed by atoms with E-state index in [1.165, 1.54) is 6.07 Å². The number of halogens is 1. The Morgan fingerprint density at radius 1 is 1.53 bits per heavy atom. The van der Waals surface area contributed by atoms with Crippen molar-refractivity contribution in [3.63, 3.8) is 0 Å². The number of nitrogens with one attached hydrogen (secondary N) is 1. The van der Waals surface area contributed by atoms with Crippen molar-refractivity contribution in [3.8, 4) is 0 Å². The SMILES string of the molecule is CCc1cc(C(=O)NC(CC)CO)cc(Cl)n1. The Bertz CT molecular complexity index is 392. The summed E-state index contributed by atoms with van der Waals surface area (Å²) in [6.45, 7) is 3.78. The summed E-state index contributed by atoms with van der Waals surface area (Å²) < 4.78 is 0. The second-order valence-electron chi connectivity index (χ2n) is 3.78. The lowest BCUT2D eigenvalue weighted by atomic mass is 10.1. The fraction of sp³-hybridized carbons (Fsp3) is 0.500. The minimum atomic E-state index is -0.232. The lowest BCUT2D eigenvalue weighted by molar-refractivity contribution is 0.0914.